The number of nitrogens with zero attached hydrogens (tertiary/aromatic N) is 2. The summed E-state index contributed by atoms with van der Waals surface area (Å²) in [4.78, 5) is 17.7. The zero-order valence-electron chi connectivity index (χ0n) is 17.4. The molecule has 1 amide bonds. The smallest absolute Gasteiger partial charge is 0.226 e. The van der Waals surface area contributed by atoms with E-state index in [1.807, 2.05) is 0 Å². The van der Waals surface area contributed by atoms with Gasteiger partial charge in [0.1, 0.15) is 5.75 Å². The summed E-state index contributed by atoms with van der Waals surface area (Å²) in [7, 11) is 2.20. The Bertz CT molecular complexity index is 652. The topological polar surface area (TPSA) is 32.8 Å². The van der Waals surface area contributed by atoms with Crippen molar-refractivity contribution in [3.63, 3.8) is 0 Å². The Hall–Kier alpha value is -1.55. The molecule has 0 spiro atoms. The highest BCUT2D eigenvalue weighted by Crippen LogP contribution is 2.33. The van der Waals surface area contributed by atoms with E-state index >= 15 is 0 Å². The van der Waals surface area contributed by atoms with Crippen LogP contribution in [-0.4, -0.2) is 48.5 Å². The van der Waals surface area contributed by atoms with Gasteiger partial charge in [-0.15, -0.1) is 0 Å². The zero-order valence-corrected chi connectivity index (χ0v) is 17.4. The predicted octanol–water partition coefficient (Wildman–Crippen LogP) is 4.48. The van der Waals surface area contributed by atoms with E-state index in [2.05, 4.69) is 41.1 Å². The predicted molar refractivity (Wildman–Crippen MR) is 112 cm³/mol. The minimum atomic E-state index is 0.261. The molecular formula is C24H36N2O2. The first-order chi connectivity index (χ1) is 13.7. The van der Waals surface area contributed by atoms with Crippen LogP contribution in [0.25, 0.3) is 0 Å². The number of ether oxygens (including phenoxy) is 1. The summed E-state index contributed by atoms with van der Waals surface area (Å²) in [6.07, 6.45) is 10.8. The Morgan fingerprint density at radius 1 is 1.11 bits per heavy atom. The van der Waals surface area contributed by atoms with Gasteiger partial charge in [0, 0.05) is 31.0 Å². The standard InChI is InChI=1S/C24H36N2O2/c1-25-14-6-8-20(16-25)18-28-23-11-5-7-19(15-23)17-26(22-12-13-22)24(27)21-9-3-2-4-10-21/h5,7,11,15,20-22H,2-4,6,8-10,12-14,16-18H2,1H3/t20-/m1/s1. The van der Waals surface area contributed by atoms with E-state index in [-0.39, 0.29) is 5.92 Å². The number of amides is 1. The van der Waals surface area contributed by atoms with Crippen LogP contribution in [0.2, 0.25) is 0 Å². The van der Waals surface area contributed by atoms with Gasteiger partial charge >= 0.3 is 0 Å². The molecule has 1 heterocycles. The average molecular weight is 385 g/mol. The first-order valence-corrected chi connectivity index (χ1v) is 11.4. The number of rotatable bonds is 7. The Balaban J connectivity index is 1.35. The molecule has 28 heavy (non-hydrogen) atoms. The molecule has 4 rings (SSSR count). The van der Waals surface area contributed by atoms with Crippen molar-refractivity contribution in [3.05, 3.63) is 29.8 Å². The van der Waals surface area contributed by atoms with Crippen LogP contribution in [0, 0.1) is 11.8 Å². The molecule has 3 aliphatic rings. The molecule has 2 saturated carbocycles. The lowest BCUT2D eigenvalue weighted by molar-refractivity contribution is -0.137. The first-order valence-electron chi connectivity index (χ1n) is 11.4. The molecule has 4 nitrogen and oxygen atoms in total. The van der Waals surface area contributed by atoms with Gasteiger partial charge < -0.3 is 14.5 Å². The van der Waals surface area contributed by atoms with Gasteiger partial charge in [-0.25, -0.2) is 0 Å². The molecule has 1 aliphatic heterocycles. The third kappa shape index (κ3) is 5.28. The monoisotopic (exact) mass is 384 g/mol. The summed E-state index contributed by atoms with van der Waals surface area (Å²) in [5.41, 5.74) is 1.20. The van der Waals surface area contributed by atoms with Crippen molar-refractivity contribution in [2.75, 3.05) is 26.7 Å². The summed E-state index contributed by atoms with van der Waals surface area (Å²) in [5, 5.41) is 0. The fourth-order valence-electron chi connectivity index (χ4n) is 4.91. The van der Waals surface area contributed by atoms with E-state index in [4.69, 9.17) is 4.74 Å². The van der Waals surface area contributed by atoms with Crippen molar-refractivity contribution in [2.45, 2.75) is 70.4 Å². The minimum absolute atomic E-state index is 0.261. The summed E-state index contributed by atoms with van der Waals surface area (Å²) >= 11 is 0. The molecule has 3 fully saturated rings. The highest BCUT2D eigenvalue weighted by Gasteiger charge is 2.36. The number of carbonyl (C=O) groups excluding carboxylic acids is 1. The second kappa shape index (κ2) is 9.30. The summed E-state index contributed by atoms with van der Waals surface area (Å²) in [6.45, 7) is 3.87. The van der Waals surface area contributed by atoms with Crippen molar-refractivity contribution >= 4 is 5.91 Å². The van der Waals surface area contributed by atoms with E-state index in [1.165, 1.54) is 57.1 Å². The Morgan fingerprint density at radius 3 is 2.68 bits per heavy atom. The molecular weight excluding hydrogens is 348 g/mol. The normalized spacial score (nSPS) is 24.1. The minimum Gasteiger partial charge on any atom is -0.493 e. The van der Waals surface area contributed by atoms with Crippen LogP contribution >= 0.6 is 0 Å². The van der Waals surface area contributed by atoms with Gasteiger partial charge in [-0.2, -0.15) is 0 Å². The number of benzene rings is 1. The summed E-state index contributed by atoms with van der Waals surface area (Å²) in [6, 6.07) is 8.89. The molecule has 4 heteroatoms. The van der Waals surface area contributed by atoms with Crippen LogP contribution in [0.4, 0.5) is 0 Å². The third-order valence-electron chi connectivity index (χ3n) is 6.68. The third-order valence-corrected chi connectivity index (χ3v) is 6.68. The Kier molecular flexibility index (Phi) is 6.56. The van der Waals surface area contributed by atoms with Crippen molar-refractivity contribution in [1.82, 2.24) is 9.80 Å². The number of piperidine rings is 1. The van der Waals surface area contributed by atoms with Gasteiger partial charge in [0.2, 0.25) is 5.91 Å². The largest absolute Gasteiger partial charge is 0.493 e. The molecule has 1 aromatic carbocycles. The van der Waals surface area contributed by atoms with Crippen molar-refractivity contribution in [2.24, 2.45) is 11.8 Å². The van der Waals surface area contributed by atoms with Crippen LogP contribution < -0.4 is 4.74 Å². The van der Waals surface area contributed by atoms with Crippen LogP contribution in [0.5, 0.6) is 5.75 Å². The van der Waals surface area contributed by atoms with E-state index in [0.29, 0.717) is 17.9 Å². The van der Waals surface area contributed by atoms with E-state index in [9.17, 15) is 4.79 Å². The molecule has 0 aromatic heterocycles. The number of likely N-dealkylation sites (tertiary alicyclic amines) is 1. The second-order valence-corrected chi connectivity index (χ2v) is 9.26. The Morgan fingerprint density at radius 2 is 1.93 bits per heavy atom. The zero-order chi connectivity index (χ0) is 19.3. The fraction of sp³-hybridized carbons (Fsp3) is 0.708. The lowest BCUT2D eigenvalue weighted by atomic mass is 9.88. The van der Waals surface area contributed by atoms with Gasteiger partial charge in [-0.3, -0.25) is 4.79 Å². The molecule has 154 valence electrons. The van der Waals surface area contributed by atoms with Gasteiger partial charge in [-0.1, -0.05) is 31.4 Å². The SMILES string of the molecule is CN1CCC[C@@H](COc2cccc(CN(C(=O)C3CCCCC3)C3CC3)c2)C1. The number of carbonyl (C=O) groups is 1. The Labute approximate surface area is 170 Å². The second-order valence-electron chi connectivity index (χ2n) is 9.26. The highest BCUT2D eigenvalue weighted by atomic mass is 16.5. The van der Waals surface area contributed by atoms with Gasteiger partial charge in [0.25, 0.3) is 0 Å². The highest BCUT2D eigenvalue weighted by molar-refractivity contribution is 5.79. The van der Waals surface area contributed by atoms with Crippen molar-refractivity contribution < 1.29 is 9.53 Å². The fourth-order valence-corrected chi connectivity index (χ4v) is 4.91. The maximum Gasteiger partial charge on any atom is 0.226 e. The maximum atomic E-state index is 13.1. The average Bonchev–Trinajstić information content (AvgIpc) is 3.56. The molecule has 0 bridgehead atoms. The van der Waals surface area contributed by atoms with Crippen LogP contribution in [0.15, 0.2) is 24.3 Å². The van der Waals surface area contributed by atoms with Crippen LogP contribution in [-0.2, 0) is 11.3 Å². The van der Waals surface area contributed by atoms with Crippen LogP contribution in [0.1, 0.15) is 63.4 Å². The van der Waals surface area contributed by atoms with Crippen LogP contribution in [0.3, 0.4) is 0 Å². The summed E-state index contributed by atoms with van der Waals surface area (Å²) < 4.78 is 6.14. The van der Waals surface area contributed by atoms with Gasteiger partial charge in [0.05, 0.1) is 6.61 Å². The van der Waals surface area contributed by atoms with Gasteiger partial charge in [0.15, 0.2) is 0 Å². The number of hydrogen-bond donors (Lipinski definition) is 0. The summed E-state index contributed by atoms with van der Waals surface area (Å²) in [5.74, 6) is 2.24. The first kappa shape index (κ1) is 19.8. The maximum absolute atomic E-state index is 13.1. The quantitative estimate of drug-likeness (QED) is 0.695. The lowest BCUT2D eigenvalue weighted by Crippen LogP contribution is -2.38. The molecule has 1 aromatic rings. The van der Waals surface area contributed by atoms with Crippen molar-refractivity contribution in [1.29, 1.82) is 0 Å². The van der Waals surface area contributed by atoms with E-state index < -0.39 is 0 Å². The van der Waals surface area contributed by atoms with Crippen molar-refractivity contribution in [3.8, 4) is 5.75 Å². The molecule has 1 saturated heterocycles. The van der Waals surface area contributed by atoms with E-state index in [1.54, 1.807) is 0 Å². The molecule has 0 N–H and O–H groups in total. The van der Waals surface area contributed by atoms with Gasteiger partial charge in [-0.05, 0) is 69.8 Å². The van der Waals surface area contributed by atoms with E-state index in [0.717, 1.165) is 38.3 Å². The molecule has 1 atom stereocenters. The molecule has 0 radical (unpaired) electrons. The number of hydrogen-bond acceptors (Lipinski definition) is 3. The molecule has 0 unspecified atom stereocenters. The lowest BCUT2D eigenvalue weighted by Gasteiger charge is -2.30. The molecule has 2 aliphatic carbocycles.